The number of nitrogens with zero attached hydrogens (tertiary/aromatic N) is 2. The van der Waals surface area contributed by atoms with Gasteiger partial charge in [0.15, 0.2) is 5.78 Å². The van der Waals surface area contributed by atoms with Gasteiger partial charge in [0.25, 0.3) is 0 Å². The first kappa shape index (κ1) is 13.7. The van der Waals surface area contributed by atoms with E-state index in [0.29, 0.717) is 10.9 Å². The van der Waals surface area contributed by atoms with Gasteiger partial charge in [-0.3, -0.25) is 4.79 Å². The van der Waals surface area contributed by atoms with Crippen LogP contribution in [0.5, 0.6) is 11.8 Å². The van der Waals surface area contributed by atoms with Crippen LogP contribution in [0.2, 0.25) is 0 Å². The first-order chi connectivity index (χ1) is 10.00. The van der Waals surface area contributed by atoms with Gasteiger partial charge in [-0.25, -0.2) is 9.97 Å². The molecule has 0 atom stereocenters. The van der Waals surface area contributed by atoms with E-state index in [1.807, 2.05) is 0 Å². The summed E-state index contributed by atoms with van der Waals surface area (Å²) in [7, 11) is -2.31. The van der Waals surface area contributed by atoms with Crippen molar-refractivity contribution in [2.75, 3.05) is 12.9 Å². The van der Waals surface area contributed by atoms with E-state index >= 15 is 0 Å². The van der Waals surface area contributed by atoms with Gasteiger partial charge in [0.1, 0.15) is 5.52 Å². The lowest BCUT2D eigenvalue weighted by Crippen LogP contribution is -2.20. The highest BCUT2D eigenvalue weighted by molar-refractivity contribution is 7.87. The molecular formula is C13H12N2O5S. The fourth-order valence-electron chi connectivity index (χ4n) is 2.18. The summed E-state index contributed by atoms with van der Waals surface area (Å²) in [5.41, 5.74) is 0.515. The zero-order chi connectivity index (χ0) is 15.0. The largest absolute Gasteiger partial charge is 0.479 e. The average Bonchev–Trinajstić information content (AvgIpc) is 2.44. The SMILES string of the molecule is COc1nccc2cc3c(nc12)OS(=O)(=O)CCCC3=O. The highest BCUT2D eigenvalue weighted by Crippen LogP contribution is 2.30. The van der Waals surface area contributed by atoms with Crippen LogP contribution >= 0.6 is 0 Å². The lowest BCUT2D eigenvalue weighted by Gasteiger charge is -2.14. The molecule has 1 aliphatic heterocycles. The number of hydrogen-bond acceptors (Lipinski definition) is 7. The Hall–Kier alpha value is -2.22. The van der Waals surface area contributed by atoms with Gasteiger partial charge in [-0.15, -0.1) is 0 Å². The van der Waals surface area contributed by atoms with Crippen LogP contribution in [0.3, 0.4) is 0 Å². The van der Waals surface area contributed by atoms with Crippen molar-refractivity contribution in [3.63, 3.8) is 0 Å². The number of ether oxygens (including phenoxy) is 1. The van der Waals surface area contributed by atoms with E-state index in [1.165, 1.54) is 13.3 Å². The first-order valence-corrected chi connectivity index (χ1v) is 7.87. The molecule has 0 bridgehead atoms. The van der Waals surface area contributed by atoms with Crippen LogP contribution in [-0.4, -0.2) is 37.0 Å². The Kier molecular flexibility index (Phi) is 3.25. The van der Waals surface area contributed by atoms with Gasteiger partial charge in [-0.1, -0.05) is 0 Å². The number of methoxy groups -OCH3 is 1. The Bertz CT molecular complexity index is 832. The maximum absolute atomic E-state index is 12.1. The van der Waals surface area contributed by atoms with E-state index in [1.54, 1.807) is 12.1 Å². The Morgan fingerprint density at radius 1 is 1.38 bits per heavy atom. The number of ketones is 1. The number of Topliss-reactive ketones (excluding diaryl/α,β-unsaturated/α-hetero) is 1. The number of carbonyl (C=O) groups is 1. The van der Waals surface area contributed by atoms with Gasteiger partial charge in [0.2, 0.25) is 11.8 Å². The number of rotatable bonds is 1. The molecule has 0 amide bonds. The molecule has 0 radical (unpaired) electrons. The second kappa shape index (κ2) is 4.96. The molecule has 2 aromatic rings. The third kappa shape index (κ3) is 2.54. The van der Waals surface area contributed by atoms with Crippen molar-refractivity contribution in [1.82, 2.24) is 9.97 Å². The third-order valence-electron chi connectivity index (χ3n) is 3.16. The summed E-state index contributed by atoms with van der Waals surface area (Å²) in [5, 5.41) is 0.635. The molecule has 110 valence electrons. The van der Waals surface area contributed by atoms with E-state index < -0.39 is 10.1 Å². The number of hydrogen-bond donors (Lipinski definition) is 0. The summed E-state index contributed by atoms with van der Waals surface area (Å²) in [5.74, 6) is -0.364. The quantitative estimate of drug-likeness (QED) is 0.733. The molecule has 7 nitrogen and oxygen atoms in total. The monoisotopic (exact) mass is 308 g/mol. The number of carbonyl (C=O) groups excluding carboxylic acids is 1. The highest BCUT2D eigenvalue weighted by atomic mass is 32.2. The van der Waals surface area contributed by atoms with Crippen molar-refractivity contribution in [1.29, 1.82) is 0 Å². The molecule has 2 aromatic heterocycles. The van der Waals surface area contributed by atoms with Crippen LogP contribution in [0.15, 0.2) is 18.3 Å². The minimum atomic E-state index is -3.74. The maximum atomic E-state index is 12.1. The maximum Gasteiger partial charge on any atom is 0.310 e. The zero-order valence-corrected chi connectivity index (χ0v) is 12.0. The zero-order valence-electron chi connectivity index (χ0n) is 11.2. The summed E-state index contributed by atoms with van der Waals surface area (Å²) >= 11 is 0. The molecule has 0 fully saturated rings. The van der Waals surface area contributed by atoms with E-state index in [4.69, 9.17) is 8.92 Å². The topological polar surface area (TPSA) is 95.5 Å². The fraction of sp³-hybridized carbons (Fsp3) is 0.308. The molecule has 0 spiro atoms. The molecule has 1 aliphatic rings. The predicted molar refractivity (Wildman–Crippen MR) is 74.1 cm³/mol. The van der Waals surface area contributed by atoms with Gasteiger partial charge in [-0.2, -0.15) is 8.42 Å². The highest BCUT2D eigenvalue weighted by Gasteiger charge is 2.25. The second-order valence-corrected chi connectivity index (χ2v) is 6.30. The molecular weight excluding hydrogens is 296 g/mol. The number of fused-ring (bicyclic) bond motifs is 2. The van der Waals surface area contributed by atoms with Crippen LogP contribution in [0, 0.1) is 0 Å². The number of aromatic nitrogens is 2. The van der Waals surface area contributed by atoms with Gasteiger partial charge in [0, 0.05) is 18.0 Å². The van der Waals surface area contributed by atoms with Crippen LogP contribution in [0.25, 0.3) is 10.9 Å². The first-order valence-electron chi connectivity index (χ1n) is 6.29. The molecule has 0 unspecified atom stereocenters. The van der Waals surface area contributed by atoms with Gasteiger partial charge in [-0.05, 0) is 18.6 Å². The van der Waals surface area contributed by atoms with Crippen molar-refractivity contribution in [2.45, 2.75) is 12.8 Å². The Morgan fingerprint density at radius 3 is 2.95 bits per heavy atom. The number of pyridine rings is 2. The standard InChI is InChI=1S/C13H12N2O5S/c1-19-13-11-8(4-5-14-13)7-9-10(16)3-2-6-21(17,18)20-12(9)15-11/h4-5,7H,2-3,6H2,1H3. The van der Waals surface area contributed by atoms with E-state index in [9.17, 15) is 13.2 Å². The minimum Gasteiger partial charge on any atom is -0.479 e. The van der Waals surface area contributed by atoms with Crippen LogP contribution < -0.4 is 8.92 Å². The van der Waals surface area contributed by atoms with Crippen LogP contribution in [0.4, 0.5) is 0 Å². The normalized spacial score (nSPS) is 17.5. The van der Waals surface area contributed by atoms with Crippen molar-refractivity contribution in [3.8, 4) is 11.8 Å². The minimum absolute atomic E-state index is 0.144. The molecule has 3 heterocycles. The molecule has 0 aromatic carbocycles. The lowest BCUT2D eigenvalue weighted by atomic mass is 10.1. The van der Waals surface area contributed by atoms with E-state index in [-0.39, 0.29) is 41.7 Å². The van der Waals surface area contributed by atoms with E-state index in [0.717, 1.165) is 0 Å². The molecule has 21 heavy (non-hydrogen) atoms. The third-order valence-corrected chi connectivity index (χ3v) is 4.36. The smallest absolute Gasteiger partial charge is 0.310 e. The molecule has 8 heteroatoms. The molecule has 0 saturated carbocycles. The van der Waals surface area contributed by atoms with Crippen LogP contribution in [0.1, 0.15) is 23.2 Å². The molecule has 0 saturated heterocycles. The summed E-state index contributed by atoms with van der Waals surface area (Å²) < 4.78 is 33.6. The summed E-state index contributed by atoms with van der Waals surface area (Å²) in [6.45, 7) is 0. The van der Waals surface area contributed by atoms with Crippen molar-refractivity contribution in [3.05, 3.63) is 23.9 Å². The molecule has 0 N–H and O–H groups in total. The fourth-order valence-corrected chi connectivity index (χ4v) is 3.12. The van der Waals surface area contributed by atoms with Crippen molar-refractivity contribution in [2.24, 2.45) is 0 Å². The predicted octanol–water partition coefficient (Wildman–Crippen LogP) is 1.32. The Labute approximate surface area is 121 Å². The van der Waals surface area contributed by atoms with Crippen molar-refractivity contribution >= 4 is 26.8 Å². The molecule has 3 rings (SSSR count). The Morgan fingerprint density at radius 2 is 2.19 bits per heavy atom. The average molecular weight is 308 g/mol. The lowest BCUT2D eigenvalue weighted by molar-refractivity contribution is 0.0978. The van der Waals surface area contributed by atoms with Crippen LogP contribution in [-0.2, 0) is 10.1 Å². The Balaban J connectivity index is 2.28. The second-order valence-electron chi connectivity index (χ2n) is 4.60. The summed E-state index contributed by atoms with van der Waals surface area (Å²) in [6, 6.07) is 3.23. The molecule has 0 aliphatic carbocycles. The summed E-state index contributed by atoms with van der Waals surface area (Å²) in [4.78, 5) is 20.2. The van der Waals surface area contributed by atoms with Crippen molar-refractivity contribution < 1.29 is 22.1 Å². The summed E-state index contributed by atoms with van der Waals surface area (Å²) in [6.07, 6.45) is 1.91. The van der Waals surface area contributed by atoms with Gasteiger partial charge in [0.05, 0.1) is 18.4 Å². The van der Waals surface area contributed by atoms with E-state index in [2.05, 4.69) is 9.97 Å². The van der Waals surface area contributed by atoms with Gasteiger partial charge >= 0.3 is 10.1 Å². The van der Waals surface area contributed by atoms with Gasteiger partial charge < -0.3 is 8.92 Å².